The highest BCUT2D eigenvalue weighted by molar-refractivity contribution is 5.76. The normalized spacial score (nSPS) is 17.3. The van der Waals surface area contributed by atoms with Gasteiger partial charge < -0.3 is 14.2 Å². The molecule has 2 heterocycles. The molecule has 1 saturated heterocycles. The van der Waals surface area contributed by atoms with Crippen molar-refractivity contribution in [1.29, 1.82) is 0 Å². The zero-order valence-electron chi connectivity index (χ0n) is 16.3. The van der Waals surface area contributed by atoms with E-state index in [1.165, 1.54) is 4.57 Å². The van der Waals surface area contributed by atoms with Crippen LogP contribution in [0.1, 0.15) is 30.7 Å². The summed E-state index contributed by atoms with van der Waals surface area (Å²) in [5.41, 5.74) is 1.56. The SMILES string of the molecule is O=C(OCc1ccccc1)N1CCCCC1Cn1c(C(F)(F)F)nc2ccccc21. The van der Waals surface area contributed by atoms with Gasteiger partial charge >= 0.3 is 12.3 Å². The second kappa shape index (κ2) is 8.38. The van der Waals surface area contributed by atoms with Crippen molar-refractivity contribution in [2.24, 2.45) is 0 Å². The number of amides is 1. The molecule has 1 aliphatic rings. The fraction of sp³-hybridized carbons (Fsp3) is 0.364. The number of nitrogens with zero attached hydrogens (tertiary/aromatic N) is 3. The Labute approximate surface area is 172 Å². The highest BCUT2D eigenvalue weighted by Crippen LogP contribution is 2.33. The van der Waals surface area contributed by atoms with Crippen molar-refractivity contribution in [3.05, 3.63) is 66.0 Å². The van der Waals surface area contributed by atoms with Gasteiger partial charge in [-0.25, -0.2) is 9.78 Å². The summed E-state index contributed by atoms with van der Waals surface area (Å²) in [6.45, 7) is 0.618. The van der Waals surface area contributed by atoms with Gasteiger partial charge in [-0.15, -0.1) is 0 Å². The predicted molar refractivity (Wildman–Crippen MR) is 106 cm³/mol. The molecule has 0 bridgehead atoms. The highest BCUT2D eigenvalue weighted by atomic mass is 19.4. The summed E-state index contributed by atoms with van der Waals surface area (Å²) in [6.07, 6.45) is -2.81. The van der Waals surface area contributed by atoms with Crippen LogP contribution in [0.3, 0.4) is 0 Å². The van der Waals surface area contributed by atoms with Crippen molar-refractivity contribution in [3.8, 4) is 0 Å². The average molecular weight is 417 g/mol. The number of para-hydroxylation sites is 2. The molecule has 1 fully saturated rings. The van der Waals surface area contributed by atoms with E-state index in [9.17, 15) is 18.0 Å². The topological polar surface area (TPSA) is 47.4 Å². The Bertz CT molecular complexity index is 1020. The van der Waals surface area contributed by atoms with Crippen LogP contribution in [0.4, 0.5) is 18.0 Å². The first kappa shape index (κ1) is 20.3. The molecule has 0 spiro atoms. The summed E-state index contributed by atoms with van der Waals surface area (Å²) in [4.78, 5) is 18.1. The van der Waals surface area contributed by atoms with Gasteiger partial charge in [0.05, 0.1) is 17.1 Å². The molecule has 3 aromatic rings. The number of carbonyl (C=O) groups is 1. The van der Waals surface area contributed by atoms with E-state index in [0.717, 1.165) is 18.4 Å². The molecule has 5 nitrogen and oxygen atoms in total. The fourth-order valence-corrected chi connectivity index (χ4v) is 3.92. The Balaban J connectivity index is 1.56. The molecule has 0 radical (unpaired) electrons. The Morgan fingerprint density at radius 3 is 2.57 bits per heavy atom. The number of hydrogen-bond donors (Lipinski definition) is 0. The van der Waals surface area contributed by atoms with E-state index in [-0.39, 0.29) is 19.2 Å². The molecule has 1 atom stereocenters. The largest absolute Gasteiger partial charge is 0.449 e. The third kappa shape index (κ3) is 4.27. The van der Waals surface area contributed by atoms with Crippen LogP contribution in [0.15, 0.2) is 54.6 Å². The monoisotopic (exact) mass is 417 g/mol. The number of alkyl halides is 3. The van der Waals surface area contributed by atoms with Crippen LogP contribution in [-0.4, -0.2) is 33.1 Å². The van der Waals surface area contributed by atoms with Gasteiger partial charge in [-0.2, -0.15) is 13.2 Å². The molecule has 1 aliphatic heterocycles. The third-order valence-electron chi connectivity index (χ3n) is 5.37. The number of ether oxygens (including phenoxy) is 1. The van der Waals surface area contributed by atoms with E-state index in [4.69, 9.17) is 4.74 Å². The number of carbonyl (C=O) groups excluding carboxylic acids is 1. The number of fused-ring (bicyclic) bond motifs is 1. The Kier molecular flexibility index (Phi) is 5.65. The first-order chi connectivity index (χ1) is 14.4. The maximum absolute atomic E-state index is 13.6. The molecule has 1 aromatic heterocycles. The number of halogens is 3. The summed E-state index contributed by atoms with van der Waals surface area (Å²) in [5.74, 6) is -0.938. The average Bonchev–Trinajstić information content (AvgIpc) is 3.12. The Hall–Kier alpha value is -3.03. The van der Waals surface area contributed by atoms with Crippen molar-refractivity contribution in [1.82, 2.24) is 14.5 Å². The third-order valence-corrected chi connectivity index (χ3v) is 5.37. The second-order valence-electron chi connectivity index (χ2n) is 7.42. The van der Waals surface area contributed by atoms with E-state index in [0.29, 0.717) is 24.0 Å². The minimum atomic E-state index is -4.58. The number of imidazole rings is 1. The van der Waals surface area contributed by atoms with Crippen LogP contribution in [0.25, 0.3) is 11.0 Å². The number of piperidine rings is 1. The second-order valence-corrected chi connectivity index (χ2v) is 7.42. The van der Waals surface area contributed by atoms with Crippen LogP contribution in [0.5, 0.6) is 0 Å². The smallest absolute Gasteiger partial charge is 0.445 e. The van der Waals surface area contributed by atoms with Gasteiger partial charge in [-0.05, 0) is 37.0 Å². The molecule has 1 unspecified atom stereocenters. The summed E-state index contributed by atoms with van der Waals surface area (Å²) < 4.78 is 47.5. The fourth-order valence-electron chi connectivity index (χ4n) is 3.92. The van der Waals surface area contributed by atoms with E-state index < -0.39 is 18.1 Å². The van der Waals surface area contributed by atoms with Crippen LogP contribution in [0.2, 0.25) is 0 Å². The molecule has 0 saturated carbocycles. The molecule has 30 heavy (non-hydrogen) atoms. The molecule has 0 aliphatic carbocycles. The first-order valence-corrected chi connectivity index (χ1v) is 9.93. The summed E-state index contributed by atoms with van der Waals surface area (Å²) in [5, 5.41) is 0. The minimum absolute atomic E-state index is 0.0236. The maximum atomic E-state index is 13.6. The summed E-state index contributed by atoms with van der Waals surface area (Å²) >= 11 is 0. The first-order valence-electron chi connectivity index (χ1n) is 9.93. The zero-order valence-corrected chi connectivity index (χ0v) is 16.3. The summed E-state index contributed by atoms with van der Waals surface area (Å²) in [6, 6.07) is 15.4. The van der Waals surface area contributed by atoms with Gasteiger partial charge in [0, 0.05) is 13.1 Å². The van der Waals surface area contributed by atoms with E-state index in [1.54, 1.807) is 29.2 Å². The van der Waals surface area contributed by atoms with Crippen molar-refractivity contribution in [3.63, 3.8) is 0 Å². The molecule has 1 amide bonds. The van der Waals surface area contributed by atoms with Crippen molar-refractivity contribution < 1.29 is 22.7 Å². The number of aromatic nitrogens is 2. The molecule has 8 heteroatoms. The maximum Gasteiger partial charge on any atom is 0.449 e. The lowest BCUT2D eigenvalue weighted by Gasteiger charge is -2.35. The van der Waals surface area contributed by atoms with Gasteiger partial charge in [0.2, 0.25) is 5.82 Å². The molecule has 0 N–H and O–H groups in total. The van der Waals surface area contributed by atoms with Gasteiger partial charge in [0.25, 0.3) is 0 Å². The van der Waals surface area contributed by atoms with Crippen molar-refractivity contribution >= 4 is 17.1 Å². The van der Waals surface area contributed by atoms with Gasteiger partial charge in [-0.3, -0.25) is 0 Å². The summed E-state index contributed by atoms with van der Waals surface area (Å²) in [7, 11) is 0. The Morgan fingerprint density at radius 2 is 1.80 bits per heavy atom. The lowest BCUT2D eigenvalue weighted by molar-refractivity contribution is -0.147. The zero-order chi connectivity index (χ0) is 21.1. The molecule has 4 rings (SSSR count). The number of benzene rings is 2. The van der Waals surface area contributed by atoms with Gasteiger partial charge in [-0.1, -0.05) is 42.5 Å². The van der Waals surface area contributed by atoms with Gasteiger partial charge in [0.15, 0.2) is 0 Å². The number of rotatable bonds is 4. The standard InChI is InChI=1S/C22H22F3N3O2/c23-22(24,25)20-26-18-11-4-5-12-19(18)28(20)14-17-10-6-7-13-27(17)21(29)30-15-16-8-2-1-3-9-16/h1-5,8-9,11-12,17H,6-7,10,13-15H2. The van der Waals surface area contributed by atoms with Crippen LogP contribution < -0.4 is 0 Å². The lowest BCUT2D eigenvalue weighted by Crippen LogP contribution is -2.46. The molecular formula is C22H22F3N3O2. The Morgan fingerprint density at radius 1 is 1.07 bits per heavy atom. The number of hydrogen-bond acceptors (Lipinski definition) is 3. The van der Waals surface area contributed by atoms with E-state index >= 15 is 0 Å². The predicted octanol–water partition coefficient (Wildman–Crippen LogP) is 5.25. The quantitative estimate of drug-likeness (QED) is 0.583. The van der Waals surface area contributed by atoms with Gasteiger partial charge in [0.1, 0.15) is 6.61 Å². The molecular weight excluding hydrogens is 395 g/mol. The lowest BCUT2D eigenvalue weighted by atomic mass is 10.0. The van der Waals surface area contributed by atoms with Crippen LogP contribution >= 0.6 is 0 Å². The van der Waals surface area contributed by atoms with Crippen LogP contribution in [0, 0.1) is 0 Å². The molecule has 2 aromatic carbocycles. The van der Waals surface area contributed by atoms with Crippen molar-refractivity contribution in [2.75, 3.05) is 6.54 Å². The minimum Gasteiger partial charge on any atom is -0.445 e. The van der Waals surface area contributed by atoms with Crippen molar-refractivity contribution in [2.45, 2.75) is 44.6 Å². The van der Waals surface area contributed by atoms with E-state index in [1.807, 2.05) is 30.3 Å². The van der Waals surface area contributed by atoms with Crippen LogP contribution in [-0.2, 0) is 24.1 Å². The number of likely N-dealkylation sites (tertiary alicyclic amines) is 1. The molecule has 158 valence electrons. The van der Waals surface area contributed by atoms with E-state index in [2.05, 4.69) is 4.98 Å². The highest BCUT2D eigenvalue weighted by Gasteiger charge is 2.39.